The monoisotopic (exact) mass is 531 g/mol. The molecule has 0 saturated carbocycles. The van der Waals surface area contributed by atoms with E-state index in [0.717, 1.165) is 50.1 Å². The number of nitrogens with two attached hydrogens (primary N) is 2. The summed E-state index contributed by atoms with van der Waals surface area (Å²) >= 11 is 0. The summed E-state index contributed by atoms with van der Waals surface area (Å²) in [6.45, 7) is 11.5. The zero-order chi connectivity index (χ0) is 28.3. The first-order valence-electron chi connectivity index (χ1n) is 13.9. The molecule has 39 heavy (non-hydrogen) atoms. The van der Waals surface area contributed by atoms with E-state index < -0.39 is 0 Å². The van der Waals surface area contributed by atoms with Crippen LogP contribution >= 0.6 is 0 Å². The molecule has 0 bridgehead atoms. The van der Waals surface area contributed by atoms with Crippen LogP contribution in [0.2, 0.25) is 0 Å². The predicted octanol–water partition coefficient (Wildman–Crippen LogP) is 5.86. The van der Waals surface area contributed by atoms with Gasteiger partial charge in [0, 0.05) is 6.07 Å². The molecular weight excluding hydrogens is 486 g/mol. The number of nitrogens with zero attached hydrogens (tertiary/aromatic N) is 5. The van der Waals surface area contributed by atoms with E-state index >= 15 is 0 Å². The van der Waals surface area contributed by atoms with Crippen molar-refractivity contribution >= 4 is 0 Å². The van der Waals surface area contributed by atoms with Crippen molar-refractivity contribution in [2.24, 2.45) is 22.8 Å². The van der Waals surface area contributed by atoms with Gasteiger partial charge in [0.15, 0.2) is 11.6 Å². The van der Waals surface area contributed by atoms with Crippen LogP contribution in [0, 0.1) is 11.3 Å². The molecule has 0 fully saturated rings. The fourth-order valence-corrected chi connectivity index (χ4v) is 4.29. The summed E-state index contributed by atoms with van der Waals surface area (Å²) in [4.78, 5) is 1.63. The molecule has 0 amide bonds. The van der Waals surface area contributed by atoms with Crippen LogP contribution in [0.25, 0.3) is 0 Å². The van der Waals surface area contributed by atoms with Crippen LogP contribution in [0.5, 0.6) is 0 Å². The normalized spacial score (nSPS) is 13.1. The molecule has 4 N–H and O–H groups in total. The topological polar surface area (TPSA) is 122 Å². The Kier molecular flexibility index (Phi) is 11.4. The van der Waals surface area contributed by atoms with Gasteiger partial charge in [0.1, 0.15) is 0 Å². The third-order valence-electron chi connectivity index (χ3n) is 6.26. The van der Waals surface area contributed by atoms with E-state index in [-0.39, 0.29) is 17.5 Å². The fraction of sp³-hybridized carbons (Fsp3) is 0.484. The molecule has 4 aromatic rings. The molecule has 2 atom stereocenters. The Hall–Kier alpha value is -3.36. The summed E-state index contributed by atoms with van der Waals surface area (Å²) in [7, 11) is 0. The average Bonchev–Trinajstić information content (AvgIpc) is 3.57. The van der Waals surface area contributed by atoms with Gasteiger partial charge in [-0.25, -0.2) is 0 Å². The highest BCUT2D eigenvalue weighted by Gasteiger charge is 2.20. The van der Waals surface area contributed by atoms with E-state index in [1.807, 2.05) is 30.3 Å². The molecule has 2 heterocycles. The number of aryl methyl sites for hydroxylation is 4. The van der Waals surface area contributed by atoms with E-state index in [1.165, 1.54) is 11.1 Å². The Morgan fingerprint density at radius 2 is 1.46 bits per heavy atom. The fourth-order valence-electron chi connectivity index (χ4n) is 4.29. The first-order chi connectivity index (χ1) is 18.6. The van der Waals surface area contributed by atoms with Gasteiger partial charge in [-0.05, 0) is 59.8 Å². The summed E-state index contributed by atoms with van der Waals surface area (Å²) in [5.41, 5.74) is 15.9. The molecule has 8 nitrogen and oxygen atoms in total. The van der Waals surface area contributed by atoms with E-state index in [1.54, 1.807) is 4.80 Å². The Bertz CT molecular complexity index is 1210. The van der Waals surface area contributed by atoms with E-state index in [2.05, 4.69) is 91.6 Å². The van der Waals surface area contributed by atoms with Crippen LogP contribution < -0.4 is 11.5 Å². The molecular formula is C31H45N7O. The van der Waals surface area contributed by atoms with Crippen molar-refractivity contribution in [3.05, 3.63) is 95.1 Å². The zero-order valence-electron chi connectivity index (χ0n) is 24.1. The molecule has 0 aliphatic carbocycles. The number of hydrogen-bond acceptors (Lipinski definition) is 7. The van der Waals surface area contributed by atoms with Gasteiger partial charge >= 0.3 is 0 Å². The van der Waals surface area contributed by atoms with E-state index in [4.69, 9.17) is 16.0 Å². The minimum absolute atomic E-state index is 0.0435. The second-order valence-electron chi connectivity index (χ2n) is 11.8. The van der Waals surface area contributed by atoms with Gasteiger partial charge in [-0.15, -0.1) is 10.2 Å². The van der Waals surface area contributed by atoms with Gasteiger partial charge in [-0.3, -0.25) is 0 Å². The van der Waals surface area contributed by atoms with Gasteiger partial charge in [0.2, 0.25) is 0 Å². The molecule has 0 saturated heterocycles. The second kappa shape index (κ2) is 14.7. The molecule has 210 valence electrons. The van der Waals surface area contributed by atoms with Crippen LogP contribution in [0.1, 0.15) is 87.9 Å². The minimum Gasteiger partial charge on any atom is -0.359 e. The quantitative estimate of drug-likeness (QED) is 0.249. The molecule has 0 spiro atoms. The number of aromatic nitrogens is 5. The van der Waals surface area contributed by atoms with E-state index in [0.29, 0.717) is 11.7 Å². The molecule has 4 rings (SSSR count). The van der Waals surface area contributed by atoms with E-state index in [9.17, 15) is 0 Å². The summed E-state index contributed by atoms with van der Waals surface area (Å²) < 4.78 is 5.34. The molecule has 8 heteroatoms. The third-order valence-corrected chi connectivity index (χ3v) is 6.26. The largest absolute Gasteiger partial charge is 0.359 e. The third kappa shape index (κ3) is 11.1. The number of hydrogen-bond donors (Lipinski definition) is 2. The SMILES string of the molecule is CC(C)(C)C[C@H](N)c1nnn(CCc2ccccc2)n1.CC(C)C[C@H](N)c1cc(CCc2ccccc2)no1. The summed E-state index contributed by atoms with van der Waals surface area (Å²) in [6, 6.07) is 22.5. The summed E-state index contributed by atoms with van der Waals surface area (Å²) in [5, 5.41) is 16.6. The Labute approximate surface area is 233 Å². The Balaban J connectivity index is 0.000000216. The van der Waals surface area contributed by atoms with Crippen molar-refractivity contribution in [2.75, 3.05) is 0 Å². The number of tetrazole rings is 1. The maximum atomic E-state index is 6.12. The van der Waals surface area contributed by atoms with Gasteiger partial charge in [-0.2, -0.15) is 4.80 Å². The van der Waals surface area contributed by atoms with Crippen molar-refractivity contribution < 1.29 is 4.52 Å². The molecule has 0 unspecified atom stereocenters. The second-order valence-corrected chi connectivity index (χ2v) is 11.8. The van der Waals surface area contributed by atoms with Crippen molar-refractivity contribution in [1.82, 2.24) is 25.4 Å². The van der Waals surface area contributed by atoms with Crippen molar-refractivity contribution in [1.29, 1.82) is 0 Å². The zero-order valence-corrected chi connectivity index (χ0v) is 24.1. The molecule has 2 aromatic carbocycles. The summed E-state index contributed by atoms with van der Waals surface area (Å²) in [5.74, 6) is 2.00. The van der Waals surface area contributed by atoms with Crippen LogP contribution in [-0.4, -0.2) is 25.4 Å². The highest BCUT2D eigenvalue weighted by atomic mass is 16.5. The predicted molar refractivity (Wildman–Crippen MR) is 156 cm³/mol. The smallest absolute Gasteiger partial charge is 0.191 e. The maximum absolute atomic E-state index is 6.12. The lowest BCUT2D eigenvalue weighted by Gasteiger charge is -2.20. The lowest BCUT2D eigenvalue weighted by molar-refractivity contribution is 0.336. The standard InChI is InChI=1S/C16H22N2O.C15H23N5/c1-12(2)10-15(17)16-11-14(18-19-16)9-8-13-6-4-3-5-7-13;1-15(2,3)11-13(16)14-17-19-20(18-14)10-9-12-7-5-4-6-8-12/h3-7,11-12,15H,8-10,17H2,1-2H3;4-8,13H,9-11,16H2,1-3H3/t15-;13-/m00/s1. The van der Waals surface area contributed by atoms with Crippen molar-refractivity contribution in [3.63, 3.8) is 0 Å². The van der Waals surface area contributed by atoms with Gasteiger partial charge in [-0.1, -0.05) is 100 Å². The van der Waals surface area contributed by atoms with Crippen LogP contribution in [0.15, 0.2) is 71.3 Å². The first kappa shape index (κ1) is 30.2. The maximum Gasteiger partial charge on any atom is 0.191 e. The Morgan fingerprint density at radius 1 is 0.846 bits per heavy atom. The lowest BCUT2D eigenvalue weighted by atomic mass is 9.88. The van der Waals surface area contributed by atoms with Gasteiger partial charge in [0.25, 0.3) is 0 Å². The molecule has 0 aliphatic rings. The number of rotatable bonds is 11. The van der Waals surface area contributed by atoms with Gasteiger partial charge < -0.3 is 16.0 Å². The van der Waals surface area contributed by atoms with Crippen molar-refractivity contribution in [3.8, 4) is 0 Å². The van der Waals surface area contributed by atoms with Gasteiger partial charge in [0.05, 0.1) is 24.3 Å². The Morgan fingerprint density at radius 3 is 2.05 bits per heavy atom. The van der Waals surface area contributed by atoms with Crippen LogP contribution in [0.3, 0.4) is 0 Å². The molecule has 0 radical (unpaired) electrons. The van der Waals surface area contributed by atoms with Crippen LogP contribution in [0.4, 0.5) is 0 Å². The minimum atomic E-state index is -0.152. The summed E-state index contributed by atoms with van der Waals surface area (Å²) in [6.07, 6.45) is 4.53. The highest BCUT2D eigenvalue weighted by molar-refractivity contribution is 5.17. The first-order valence-corrected chi connectivity index (χ1v) is 13.9. The lowest BCUT2D eigenvalue weighted by Crippen LogP contribution is -2.20. The molecule has 2 aromatic heterocycles. The average molecular weight is 532 g/mol. The van der Waals surface area contributed by atoms with Crippen LogP contribution in [-0.2, 0) is 25.8 Å². The highest BCUT2D eigenvalue weighted by Crippen LogP contribution is 2.25. The van der Waals surface area contributed by atoms with Crippen molar-refractivity contribution in [2.45, 2.75) is 85.4 Å². The molecule has 0 aliphatic heterocycles. The number of benzene rings is 2.